The van der Waals surface area contributed by atoms with Crippen LogP contribution in [0.5, 0.6) is 0 Å². The number of rotatable bonds is 5. The lowest BCUT2D eigenvalue weighted by Crippen LogP contribution is -2.22. The molecule has 0 N–H and O–H groups in total. The van der Waals surface area contributed by atoms with Crippen molar-refractivity contribution in [2.45, 2.75) is 6.92 Å². The normalized spacial score (nSPS) is 17.0. The van der Waals surface area contributed by atoms with E-state index in [0.29, 0.717) is 5.92 Å². The molecule has 22 heavy (non-hydrogen) atoms. The van der Waals surface area contributed by atoms with Crippen LogP contribution >= 0.6 is 0 Å². The SMILES string of the molecule is CC1=CC(CN(N=Cc2ccccc2)c2ccccc2)C=C1. The highest BCUT2D eigenvalue weighted by atomic mass is 15.4. The van der Waals surface area contributed by atoms with E-state index in [1.54, 1.807) is 0 Å². The Morgan fingerprint density at radius 3 is 2.32 bits per heavy atom. The van der Waals surface area contributed by atoms with Crippen molar-refractivity contribution >= 4 is 11.9 Å². The van der Waals surface area contributed by atoms with E-state index in [0.717, 1.165) is 17.8 Å². The summed E-state index contributed by atoms with van der Waals surface area (Å²) in [5, 5.41) is 6.76. The highest BCUT2D eigenvalue weighted by molar-refractivity contribution is 5.80. The fourth-order valence-corrected chi connectivity index (χ4v) is 2.53. The third kappa shape index (κ3) is 3.73. The number of allylic oxidation sites excluding steroid dienone is 2. The molecule has 0 heterocycles. The van der Waals surface area contributed by atoms with E-state index in [9.17, 15) is 0 Å². The summed E-state index contributed by atoms with van der Waals surface area (Å²) in [5.41, 5.74) is 3.54. The van der Waals surface area contributed by atoms with Gasteiger partial charge in [-0.2, -0.15) is 5.10 Å². The zero-order valence-electron chi connectivity index (χ0n) is 12.8. The van der Waals surface area contributed by atoms with Gasteiger partial charge in [0.25, 0.3) is 0 Å². The van der Waals surface area contributed by atoms with Gasteiger partial charge in [0.1, 0.15) is 0 Å². The van der Waals surface area contributed by atoms with Crippen LogP contribution in [-0.2, 0) is 0 Å². The molecule has 0 saturated heterocycles. The van der Waals surface area contributed by atoms with Gasteiger partial charge in [0.15, 0.2) is 0 Å². The van der Waals surface area contributed by atoms with Gasteiger partial charge in [0.2, 0.25) is 0 Å². The molecular weight excluding hydrogens is 268 g/mol. The number of anilines is 1. The Kier molecular flexibility index (Phi) is 4.50. The van der Waals surface area contributed by atoms with Crippen LogP contribution in [0.15, 0.2) is 89.6 Å². The van der Waals surface area contributed by atoms with Gasteiger partial charge in [-0.25, -0.2) is 0 Å². The average molecular weight is 288 g/mol. The molecule has 0 radical (unpaired) electrons. The minimum absolute atomic E-state index is 0.410. The Bertz CT molecular complexity index is 684. The molecule has 0 spiro atoms. The first-order chi connectivity index (χ1) is 10.8. The van der Waals surface area contributed by atoms with Crippen LogP contribution in [0.4, 0.5) is 5.69 Å². The van der Waals surface area contributed by atoms with Crippen molar-refractivity contribution in [1.29, 1.82) is 0 Å². The van der Waals surface area contributed by atoms with E-state index in [2.05, 4.69) is 54.4 Å². The fraction of sp³-hybridized carbons (Fsp3) is 0.150. The summed E-state index contributed by atoms with van der Waals surface area (Å²) >= 11 is 0. The zero-order chi connectivity index (χ0) is 15.2. The molecule has 0 saturated carbocycles. The summed E-state index contributed by atoms with van der Waals surface area (Å²) in [6, 6.07) is 20.5. The lowest BCUT2D eigenvalue weighted by atomic mass is 10.1. The highest BCUT2D eigenvalue weighted by Crippen LogP contribution is 2.21. The summed E-state index contributed by atoms with van der Waals surface area (Å²) in [6.45, 7) is 2.98. The van der Waals surface area contributed by atoms with Crippen molar-refractivity contribution in [3.05, 3.63) is 90.0 Å². The Morgan fingerprint density at radius 2 is 1.68 bits per heavy atom. The fourth-order valence-electron chi connectivity index (χ4n) is 2.53. The van der Waals surface area contributed by atoms with Crippen LogP contribution < -0.4 is 5.01 Å². The average Bonchev–Trinajstić information content (AvgIpc) is 2.98. The van der Waals surface area contributed by atoms with Crippen molar-refractivity contribution in [1.82, 2.24) is 0 Å². The quantitative estimate of drug-likeness (QED) is 0.577. The maximum absolute atomic E-state index is 4.70. The van der Waals surface area contributed by atoms with Crippen LogP contribution in [-0.4, -0.2) is 12.8 Å². The molecule has 1 aliphatic rings. The summed E-state index contributed by atoms with van der Waals surface area (Å²) in [7, 11) is 0. The number of nitrogens with zero attached hydrogens (tertiary/aromatic N) is 2. The van der Waals surface area contributed by atoms with Crippen molar-refractivity contribution in [3.8, 4) is 0 Å². The number of para-hydroxylation sites is 1. The molecular formula is C20H20N2. The molecule has 1 unspecified atom stereocenters. The maximum atomic E-state index is 4.70. The predicted octanol–water partition coefficient (Wildman–Crippen LogP) is 4.66. The van der Waals surface area contributed by atoms with Gasteiger partial charge in [-0.05, 0) is 24.6 Å². The molecule has 2 nitrogen and oxygen atoms in total. The molecule has 2 aromatic carbocycles. The van der Waals surface area contributed by atoms with Crippen LogP contribution in [0.2, 0.25) is 0 Å². The Balaban J connectivity index is 1.80. The summed E-state index contributed by atoms with van der Waals surface area (Å²) in [6.07, 6.45) is 8.62. The third-order valence-corrected chi connectivity index (χ3v) is 3.67. The van der Waals surface area contributed by atoms with Gasteiger partial charge >= 0.3 is 0 Å². The first kappa shape index (κ1) is 14.3. The first-order valence-electron chi connectivity index (χ1n) is 7.59. The minimum Gasteiger partial charge on any atom is -0.265 e. The van der Waals surface area contributed by atoms with Crippen molar-refractivity contribution in [2.75, 3.05) is 11.6 Å². The molecule has 0 amide bonds. The topological polar surface area (TPSA) is 15.6 Å². The number of benzene rings is 2. The van der Waals surface area contributed by atoms with Gasteiger partial charge in [0, 0.05) is 5.92 Å². The van der Waals surface area contributed by atoms with E-state index < -0.39 is 0 Å². The van der Waals surface area contributed by atoms with E-state index >= 15 is 0 Å². The summed E-state index contributed by atoms with van der Waals surface area (Å²) < 4.78 is 0. The maximum Gasteiger partial charge on any atom is 0.0594 e. The van der Waals surface area contributed by atoms with Crippen LogP contribution in [0.3, 0.4) is 0 Å². The van der Waals surface area contributed by atoms with Gasteiger partial charge in [-0.3, -0.25) is 5.01 Å². The molecule has 0 bridgehead atoms. The van der Waals surface area contributed by atoms with E-state index in [4.69, 9.17) is 5.10 Å². The van der Waals surface area contributed by atoms with Gasteiger partial charge in [-0.1, -0.05) is 72.3 Å². The van der Waals surface area contributed by atoms with Gasteiger partial charge in [0.05, 0.1) is 18.4 Å². The molecule has 3 rings (SSSR count). The molecule has 1 atom stereocenters. The molecule has 2 aromatic rings. The van der Waals surface area contributed by atoms with Crippen molar-refractivity contribution in [3.63, 3.8) is 0 Å². The molecule has 0 fully saturated rings. The third-order valence-electron chi connectivity index (χ3n) is 3.67. The molecule has 1 aliphatic carbocycles. The van der Waals surface area contributed by atoms with E-state index in [-0.39, 0.29) is 0 Å². The second-order valence-corrected chi connectivity index (χ2v) is 5.51. The van der Waals surface area contributed by atoms with Gasteiger partial charge in [-0.15, -0.1) is 0 Å². The minimum atomic E-state index is 0.410. The Morgan fingerprint density at radius 1 is 1.00 bits per heavy atom. The molecule has 0 aliphatic heterocycles. The molecule has 110 valence electrons. The Labute approximate surface area is 132 Å². The second-order valence-electron chi connectivity index (χ2n) is 5.51. The standard InChI is InChI=1S/C20H20N2/c1-17-12-13-19(14-17)16-22(20-10-6-3-7-11-20)21-15-18-8-4-2-5-9-18/h2-15,19H,16H2,1H3. The lowest BCUT2D eigenvalue weighted by molar-refractivity contribution is 0.743. The summed E-state index contributed by atoms with van der Waals surface area (Å²) in [4.78, 5) is 0. The molecule has 2 heteroatoms. The van der Waals surface area contributed by atoms with Crippen molar-refractivity contribution in [2.24, 2.45) is 11.0 Å². The van der Waals surface area contributed by atoms with E-state index in [1.807, 2.05) is 42.6 Å². The number of hydrazone groups is 1. The zero-order valence-corrected chi connectivity index (χ0v) is 12.8. The smallest absolute Gasteiger partial charge is 0.0594 e. The Hall–Kier alpha value is -2.61. The van der Waals surface area contributed by atoms with Crippen molar-refractivity contribution < 1.29 is 0 Å². The highest BCUT2D eigenvalue weighted by Gasteiger charge is 2.12. The monoisotopic (exact) mass is 288 g/mol. The predicted molar refractivity (Wildman–Crippen MR) is 94.2 cm³/mol. The summed E-state index contributed by atoms with van der Waals surface area (Å²) in [5.74, 6) is 0.410. The lowest BCUT2D eigenvalue weighted by Gasteiger charge is -2.21. The number of hydrogen-bond donors (Lipinski definition) is 0. The number of hydrogen-bond acceptors (Lipinski definition) is 2. The van der Waals surface area contributed by atoms with E-state index in [1.165, 1.54) is 5.57 Å². The van der Waals surface area contributed by atoms with Crippen LogP contribution in [0, 0.1) is 5.92 Å². The first-order valence-corrected chi connectivity index (χ1v) is 7.59. The van der Waals surface area contributed by atoms with Crippen LogP contribution in [0.1, 0.15) is 12.5 Å². The molecule has 0 aromatic heterocycles. The largest absolute Gasteiger partial charge is 0.265 e. The van der Waals surface area contributed by atoms with Gasteiger partial charge < -0.3 is 0 Å². The van der Waals surface area contributed by atoms with Crippen LogP contribution in [0.25, 0.3) is 0 Å². The second kappa shape index (κ2) is 6.90.